The zero-order valence-electron chi connectivity index (χ0n) is 10.4. The van der Waals surface area contributed by atoms with Crippen LogP contribution in [0, 0.1) is 0 Å². The highest BCUT2D eigenvalue weighted by molar-refractivity contribution is 9.10. The van der Waals surface area contributed by atoms with Crippen molar-refractivity contribution in [3.8, 4) is 0 Å². The van der Waals surface area contributed by atoms with Gasteiger partial charge in [-0.3, -0.25) is 0 Å². The maximum Gasteiger partial charge on any atom is 0.417 e. The van der Waals surface area contributed by atoms with E-state index in [0.29, 0.717) is 18.3 Å². The van der Waals surface area contributed by atoms with Crippen LogP contribution in [0.5, 0.6) is 0 Å². The van der Waals surface area contributed by atoms with Crippen molar-refractivity contribution in [1.82, 2.24) is 5.32 Å². The van der Waals surface area contributed by atoms with Gasteiger partial charge in [0.1, 0.15) is 0 Å². The summed E-state index contributed by atoms with van der Waals surface area (Å²) in [5.41, 5.74) is -0.142. The van der Waals surface area contributed by atoms with Crippen molar-refractivity contribution in [2.45, 2.75) is 31.5 Å². The average Bonchev–Trinajstić information content (AvgIpc) is 2.37. The molecule has 0 radical (unpaired) electrons. The summed E-state index contributed by atoms with van der Waals surface area (Å²) in [4.78, 5) is 0. The fraction of sp³-hybridized carbons (Fsp3) is 0.538. The molecule has 2 N–H and O–H groups in total. The first kappa shape index (κ1) is 14.7. The molecule has 1 heterocycles. The maximum absolute atomic E-state index is 12.8. The SMILES string of the molecule is FC(F)(F)c1cc(NCC2CCCCN2)ccc1Br. The summed E-state index contributed by atoms with van der Waals surface area (Å²) in [6.45, 7) is 1.64. The third-order valence-electron chi connectivity index (χ3n) is 3.24. The zero-order chi connectivity index (χ0) is 13.9. The highest BCUT2D eigenvalue weighted by Crippen LogP contribution is 2.36. The minimum Gasteiger partial charge on any atom is -0.383 e. The third kappa shape index (κ3) is 4.11. The predicted molar refractivity (Wildman–Crippen MR) is 73.3 cm³/mol. The standard InChI is InChI=1S/C13H16BrF3N2/c14-12-5-4-9(7-11(12)13(15,16)17)19-8-10-3-1-2-6-18-10/h4-5,7,10,18-19H,1-3,6,8H2. The Morgan fingerprint density at radius 2 is 2.11 bits per heavy atom. The number of anilines is 1. The van der Waals surface area contributed by atoms with Gasteiger partial charge in [0.05, 0.1) is 5.56 Å². The summed E-state index contributed by atoms with van der Waals surface area (Å²) in [5.74, 6) is 0. The largest absolute Gasteiger partial charge is 0.417 e. The van der Waals surface area contributed by atoms with E-state index < -0.39 is 11.7 Å². The average molecular weight is 337 g/mol. The number of hydrogen-bond acceptors (Lipinski definition) is 2. The van der Waals surface area contributed by atoms with Crippen molar-refractivity contribution in [1.29, 1.82) is 0 Å². The molecule has 1 aliphatic heterocycles. The van der Waals surface area contributed by atoms with E-state index in [4.69, 9.17) is 0 Å². The number of hydrogen-bond donors (Lipinski definition) is 2. The molecule has 1 atom stereocenters. The van der Waals surface area contributed by atoms with Crippen LogP contribution in [0.2, 0.25) is 0 Å². The molecule has 1 aromatic carbocycles. The van der Waals surface area contributed by atoms with Crippen molar-refractivity contribution < 1.29 is 13.2 Å². The number of benzene rings is 1. The van der Waals surface area contributed by atoms with E-state index in [-0.39, 0.29) is 4.47 Å². The van der Waals surface area contributed by atoms with Crippen LogP contribution in [0.15, 0.2) is 22.7 Å². The van der Waals surface area contributed by atoms with E-state index in [1.54, 1.807) is 6.07 Å². The number of halogens is 4. The molecule has 0 amide bonds. The molecule has 1 fully saturated rings. The van der Waals surface area contributed by atoms with Crippen LogP contribution in [-0.2, 0) is 6.18 Å². The van der Waals surface area contributed by atoms with Gasteiger partial charge in [-0.15, -0.1) is 0 Å². The first-order chi connectivity index (χ1) is 8.97. The van der Waals surface area contributed by atoms with Crippen LogP contribution in [0.25, 0.3) is 0 Å². The van der Waals surface area contributed by atoms with Gasteiger partial charge in [0, 0.05) is 22.7 Å². The Labute approximate surface area is 118 Å². The Kier molecular flexibility index (Phi) is 4.73. The fourth-order valence-electron chi connectivity index (χ4n) is 2.19. The molecule has 19 heavy (non-hydrogen) atoms. The molecule has 1 aromatic rings. The Morgan fingerprint density at radius 1 is 1.32 bits per heavy atom. The van der Waals surface area contributed by atoms with Crippen LogP contribution in [0.3, 0.4) is 0 Å². The normalized spacial score (nSPS) is 20.3. The van der Waals surface area contributed by atoms with E-state index in [1.165, 1.54) is 18.9 Å². The molecule has 2 rings (SSSR count). The Balaban J connectivity index is 2.00. The highest BCUT2D eigenvalue weighted by atomic mass is 79.9. The van der Waals surface area contributed by atoms with Gasteiger partial charge < -0.3 is 10.6 Å². The minimum absolute atomic E-state index is 0.0707. The van der Waals surface area contributed by atoms with E-state index in [1.807, 2.05) is 0 Å². The van der Waals surface area contributed by atoms with Crippen molar-refractivity contribution in [2.75, 3.05) is 18.4 Å². The highest BCUT2D eigenvalue weighted by Gasteiger charge is 2.33. The molecule has 0 spiro atoms. The van der Waals surface area contributed by atoms with E-state index >= 15 is 0 Å². The van der Waals surface area contributed by atoms with Crippen LogP contribution in [0.1, 0.15) is 24.8 Å². The molecule has 2 nitrogen and oxygen atoms in total. The first-order valence-corrected chi connectivity index (χ1v) is 7.10. The minimum atomic E-state index is -4.33. The van der Waals surface area contributed by atoms with E-state index in [9.17, 15) is 13.2 Å². The maximum atomic E-state index is 12.8. The van der Waals surface area contributed by atoms with Gasteiger partial charge in [0.25, 0.3) is 0 Å². The van der Waals surface area contributed by atoms with Crippen molar-refractivity contribution >= 4 is 21.6 Å². The van der Waals surface area contributed by atoms with E-state index in [0.717, 1.165) is 19.0 Å². The van der Waals surface area contributed by atoms with Gasteiger partial charge in [-0.25, -0.2) is 0 Å². The lowest BCUT2D eigenvalue weighted by atomic mass is 10.0. The van der Waals surface area contributed by atoms with Crippen LogP contribution < -0.4 is 10.6 Å². The first-order valence-electron chi connectivity index (χ1n) is 6.31. The second-order valence-corrected chi connectivity index (χ2v) is 5.57. The smallest absolute Gasteiger partial charge is 0.383 e. The molecule has 1 saturated heterocycles. The lowest BCUT2D eigenvalue weighted by Gasteiger charge is -2.24. The molecule has 6 heteroatoms. The zero-order valence-corrected chi connectivity index (χ0v) is 11.9. The topological polar surface area (TPSA) is 24.1 Å². The van der Waals surface area contributed by atoms with E-state index in [2.05, 4.69) is 26.6 Å². The van der Waals surface area contributed by atoms with Crippen molar-refractivity contribution in [3.05, 3.63) is 28.2 Å². The van der Waals surface area contributed by atoms with Crippen LogP contribution in [0.4, 0.5) is 18.9 Å². The summed E-state index contributed by atoms with van der Waals surface area (Å²) >= 11 is 2.93. The number of alkyl halides is 3. The Hall–Kier alpha value is -0.750. The third-order valence-corrected chi connectivity index (χ3v) is 3.93. The van der Waals surface area contributed by atoms with Gasteiger partial charge in [-0.2, -0.15) is 13.2 Å². The number of piperidine rings is 1. The Morgan fingerprint density at radius 3 is 2.74 bits per heavy atom. The molecule has 0 aromatic heterocycles. The summed E-state index contributed by atoms with van der Waals surface area (Å²) in [5, 5.41) is 6.42. The molecule has 0 aliphatic carbocycles. The predicted octanol–water partition coefficient (Wildman–Crippen LogP) is 4.02. The monoisotopic (exact) mass is 336 g/mol. The van der Waals surface area contributed by atoms with Crippen molar-refractivity contribution in [3.63, 3.8) is 0 Å². The van der Waals surface area contributed by atoms with Gasteiger partial charge in [-0.1, -0.05) is 22.4 Å². The molecule has 0 bridgehead atoms. The van der Waals surface area contributed by atoms with Gasteiger partial charge in [0.15, 0.2) is 0 Å². The molecular weight excluding hydrogens is 321 g/mol. The fourth-order valence-corrected chi connectivity index (χ4v) is 2.66. The summed E-state index contributed by atoms with van der Waals surface area (Å²) in [6, 6.07) is 4.57. The second kappa shape index (κ2) is 6.13. The van der Waals surface area contributed by atoms with Gasteiger partial charge >= 0.3 is 6.18 Å². The van der Waals surface area contributed by atoms with Crippen LogP contribution >= 0.6 is 15.9 Å². The summed E-state index contributed by atoms with van der Waals surface area (Å²) in [6.07, 6.45) is -0.921. The molecule has 1 unspecified atom stereocenters. The van der Waals surface area contributed by atoms with Crippen LogP contribution in [-0.4, -0.2) is 19.1 Å². The van der Waals surface area contributed by atoms with Crippen molar-refractivity contribution in [2.24, 2.45) is 0 Å². The molecule has 106 valence electrons. The summed E-state index contributed by atoms with van der Waals surface area (Å²) < 4.78 is 38.3. The summed E-state index contributed by atoms with van der Waals surface area (Å²) in [7, 11) is 0. The second-order valence-electron chi connectivity index (χ2n) is 4.72. The number of nitrogens with one attached hydrogen (secondary N) is 2. The van der Waals surface area contributed by atoms with Gasteiger partial charge in [-0.05, 0) is 37.6 Å². The quantitative estimate of drug-likeness (QED) is 0.871. The van der Waals surface area contributed by atoms with Gasteiger partial charge in [0.2, 0.25) is 0 Å². The molecule has 1 aliphatic rings. The Bertz CT molecular complexity index is 428. The molecular formula is C13H16BrF3N2. The lowest BCUT2D eigenvalue weighted by molar-refractivity contribution is -0.138. The molecule has 0 saturated carbocycles. The number of rotatable bonds is 3. The lowest BCUT2D eigenvalue weighted by Crippen LogP contribution is -2.39.